The normalized spacial score (nSPS) is 19.9. The standard InChI is InChI=1S/C9H18BO.CH4/c1-9(2,3)10-8-4-6-11-7-5-8;/h8H,4-7H2,1-3H3;1H4. The molecule has 0 aromatic rings. The molecule has 1 saturated heterocycles. The van der Waals surface area contributed by atoms with Crippen LogP contribution in [0.15, 0.2) is 0 Å². The Balaban J connectivity index is 0.00000121. The topological polar surface area (TPSA) is 9.23 Å². The molecule has 1 aliphatic rings. The summed E-state index contributed by atoms with van der Waals surface area (Å²) in [6.45, 7) is 8.71. The molecule has 12 heavy (non-hydrogen) atoms. The first-order valence-electron chi connectivity index (χ1n) is 4.52. The lowest BCUT2D eigenvalue weighted by molar-refractivity contribution is 0.0964. The molecule has 0 aromatic carbocycles. The van der Waals surface area contributed by atoms with E-state index in [2.05, 4.69) is 28.1 Å². The summed E-state index contributed by atoms with van der Waals surface area (Å²) in [6, 6.07) is 0. The van der Waals surface area contributed by atoms with Crippen molar-refractivity contribution in [2.24, 2.45) is 0 Å². The fraction of sp³-hybridized carbons (Fsp3) is 1.00. The van der Waals surface area contributed by atoms with Crippen molar-refractivity contribution in [1.82, 2.24) is 0 Å². The molecule has 0 bridgehead atoms. The third-order valence-electron chi connectivity index (χ3n) is 2.00. The predicted molar refractivity (Wildman–Crippen MR) is 56.0 cm³/mol. The molecule has 2 heteroatoms. The largest absolute Gasteiger partial charge is 0.381 e. The second-order valence-corrected chi connectivity index (χ2v) is 4.48. The SMILES string of the molecule is C.CC(C)(C)[B]C1CCOCC1. The maximum Gasteiger partial charge on any atom is 0.121 e. The first-order chi connectivity index (χ1) is 5.08. The van der Waals surface area contributed by atoms with Crippen LogP contribution in [0.25, 0.3) is 0 Å². The smallest absolute Gasteiger partial charge is 0.121 e. The van der Waals surface area contributed by atoms with Crippen LogP contribution in [0.5, 0.6) is 0 Å². The van der Waals surface area contributed by atoms with Crippen LogP contribution >= 0.6 is 0 Å². The summed E-state index contributed by atoms with van der Waals surface area (Å²) in [5.41, 5.74) is 0. The first-order valence-corrected chi connectivity index (χ1v) is 4.52. The van der Waals surface area contributed by atoms with Gasteiger partial charge in [0.25, 0.3) is 0 Å². The van der Waals surface area contributed by atoms with Gasteiger partial charge in [0, 0.05) is 13.2 Å². The quantitative estimate of drug-likeness (QED) is 0.548. The fourth-order valence-electron chi connectivity index (χ4n) is 1.59. The van der Waals surface area contributed by atoms with Gasteiger partial charge < -0.3 is 4.74 Å². The number of hydrogen-bond donors (Lipinski definition) is 0. The van der Waals surface area contributed by atoms with Gasteiger partial charge in [-0.25, -0.2) is 0 Å². The van der Waals surface area contributed by atoms with Gasteiger partial charge in [-0.1, -0.05) is 39.3 Å². The lowest BCUT2D eigenvalue weighted by Gasteiger charge is -2.27. The van der Waals surface area contributed by atoms with Crippen LogP contribution in [0, 0.1) is 0 Å². The monoisotopic (exact) mass is 169 g/mol. The van der Waals surface area contributed by atoms with E-state index in [1.54, 1.807) is 0 Å². The fourth-order valence-corrected chi connectivity index (χ4v) is 1.59. The molecular weight excluding hydrogens is 147 g/mol. The first kappa shape index (κ1) is 12.0. The van der Waals surface area contributed by atoms with E-state index in [-0.39, 0.29) is 7.43 Å². The summed E-state index contributed by atoms with van der Waals surface area (Å²) < 4.78 is 5.29. The highest BCUT2D eigenvalue weighted by Crippen LogP contribution is 2.31. The van der Waals surface area contributed by atoms with E-state index in [0.29, 0.717) is 5.31 Å². The van der Waals surface area contributed by atoms with Crippen LogP contribution in [-0.2, 0) is 4.74 Å². The van der Waals surface area contributed by atoms with Gasteiger partial charge in [-0.05, 0) is 12.8 Å². The molecule has 1 aliphatic heterocycles. The van der Waals surface area contributed by atoms with E-state index in [0.717, 1.165) is 19.0 Å². The highest BCUT2D eigenvalue weighted by molar-refractivity contribution is 6.41. The molecule has 0 saturated carbocycles. The third-order valence-corrected chi connectivity index (χ3v) is 2.00. The van der Waals surface area contributed by atoms with Crippen molar-refractivity contribution in [1.29, 1.82) is 0 Å². The Morgan fingerprint density at radius 1 is 1.17 bits per heavy atom. The summed E-state index contributed by atoms with van der Waals surface area (Å²) in [7, 11) is 2.47. The highest BCUT2D eigenvalue weighted by Gasteiger charge is 2.22. The van der Waals surface area contributed by atoms with Gasteiger partial charge in [-0.2, -0.15) is 0 Å². The summed E-state index contributed by atoms with van der Waals surface area (Å²) >= 11 is 0. The molecule has 0 spiro atoms. The average molecular weight is 169 g/mol. The minimum atomic E-state index is 0. The van der Waals surface area contributed by atoms with Gasteiger partial charge in [0.05, 0.1) is 0 Å². The average Bonchev–Trinajstić information content (AvgIpc) is 1.85. The van der Waals surface area contributed by atoms with Crippen molar-refractivity contribution >= 4 is 7.28 Å². The minimum absolute atomic E-state index is 0. The molecule has 0 aromatic heterocycles. The molecule has 0 unspecified atom stereocenters. The molecule has 1 nitrogen and oxygen atoms in total. The Morgan fingerprint density at radius 3 is 2.08 bits per heavy atom. The van der Waals surface area contributed by atoms with Gasteiger partial charge >= 0.3 is 0 Å². The van der Waals surface area contributed by atoms with E-state index >= 15 is 0 Å². The second kappa shape index (κ2) is 4.91. The van der Waals surface area contributed by atoms with E-state index in [1.165, 1.54) is 12.8 Å². The summed E-state index contributed by atoms with van der Waals surface area (Å²) in [5.74, 6) is 0.795. The van der Waals surface area contributed by atoms with E-state index in [9.17, 15) is 0 Å². The Kier molecular flexibility index (Phi) is 4.92. The molecular formula is C10H22BO. The van der Waals surface area contributed by atoms with Crippen molar-refractivity contribution in [2.75, 3.05) is 13.2 Å². The lowest BCUT2D eigenvalue weighted by atomic mass is 9.46. The zero-order chi connectivity index (χ0) is 8.32. The van der Waals surface area contributed by atoms with Crippen molar-refractivity contribution < 1.29 is 4.74 Å². The molecule has 71 valence electrons. The van der Waals surface area contributed by atoms with E-state index in [4.69, 9.17) is 4.74 Å². The van der Waals surface area contributed by atoms with Gasteiger partial charge in [-0.3, -0.25) is 0 Å². The molecule has 1 fully saturated rings. The van der Waals surface area contributed by atoms with Gasteiger partial charge in [-0.15, -0.1) is 0 Å². The predicted octanol–water partition coefficient (Wildman–Crippen LogP) is 3.14. The number of hydrogen-bond acceptors (Lipinski definition) is 1. The van der Waals surface area contributed by atoms with Crippen molar-refractivity contribution in [3.05, 3.63) is 0 Å². The van der Waals surface area contributed by atoms with Gasteiger partial charge in [0.15, 0.2) is 0 Å². The second-order valence-electron chi connectivity index (χ2n) is 4.48. The molecule has 1 rings (SSSR count). The Hall–Kier alpha value is 0.0249. The zero-order valence-corrected chi connectivity index (χ0v) is 7.89. The van der Waals surface area contributed by atoms with E-state index in [1.807, 2.05) is 0 Å². The Morgan fingerprint density at radius 2 is 1.67 bits per heavy atom. The van der Waals surface area contributed by atoms with Crippen LogP contribution in [-0.4, -0.2) is 20.5 Å². The third kappa shape index (κ3) is 4.81. The van der Waals surface area contributed by atoms with Gasteiger partial charge in [0.1, 0.15) is 7.28 Å². The van der Waals surface area contributed by atoms with Crippen molar-refractivity contribution in [3.63, 3.8) is 0 Å². The number of ether oxygens (including phenoxy) is 1. The van der Waals surface area contributed by atoms with Crippen LogP contribution in [0.2, 0.25) is 11.1 Å². The van der Waals surface area contributed by atoms with Crippen LogP contribution in [0.3, 0.4) is 0 Å². The van der Waals surface area contributed by atoms with Crippen LogP contribution in [0.1, 0.15) is 41.0 Å². The molecule has 0 N–H and O–H groups in total. The Bertz CT molecular complexity index is 111. The van der Waals surface area contributed by atoms with Gasteiger partial charge in [0.2, 0.25) is 0 Å². The molecule has 0 aliphatic carbocycles. The number of rotatable bonds is 1. The van der Waals surface area contributed by atoms with Crippen molar-refractivity contribution in [3.8, 4) is 0 Å². The zero-order valence-electron chi connectivity index (χ0n) is 7.89. The highest BCUT2D eigenvalue weighted by atomic mass is 16.5. The molecule has 1 radical (unpaired) electrons. The Labute approximate surface area is 78.1 Å². The van der Waals surface area contributed by atoms with Crippen LogP contribution < -0.4 is 0 Å². The molecule has 0 atom stereocenters. The summed E-state index contributed by atoms with van der Waals surface area (Å²) in [5, 5.41) is 0.377. The maximum absolute atomic E-state index is 5.29. The summed E-state index contributed by atoms with van der Waals surface area (Å²) in [6.07, 6.45) is 2.44. The molecule has 0 amide bonds. The lowest BCUT2D eigenvalue weighted by Crippen LogP contribution is -2.21. The van der Waals surface area contributed by atoms with E-state index < -0.39 is 0 Å². The van der Waals surface area contributed by atoms with Crippen LogP contribution in [0.4, 0.5) is 0 Å². The minimum Gasteiger partial charge on any atom is -0.381 e. The molecule has 1 heterocycles. The summed E-state index contributed by atoms with van der Waals surface area (Å²) in [4.78, 5) is 0. The maximum atomic E-state index is 5.29. The van der Waals surface area contributed by atoms with Crippen molar-refractivity contribution in [2.45, 2.75) is 52.2 Å².